The molecule has 8 bridgehead atoms. The minimum absolute atomic E-state index is 0.00972. The molecule has 0 radical (unpaired) electrons. The highest BCUT2D eigenvalue weighted by Crippen LogP contribution is 2.49. The molecule has 6 saturated heterocycles. The second kappa shape index (κ2) is 19.9. The Morgan fingerprint density at radius 3 is 2.42 bits per heavy atom. The fourth-order valence-corrected chi connectivity index (χ4v) is 14.3. The number of likely N-dealkylation sites (tertiary alicyclic amines) is 1. The molecule has 2 amide bonds. The van der Waals surface area contributed by atoms with Crippen LogP contribution < -0.4 is 15.6 Å². The largest absolute Gasteiger partial charge is 0.464 e. The molecule has 3 saturated carbocycles. The van der Waals surface area contributed by atoms with Crippen LogP contribution in [0.5, 0.6) is 0 Å². The molecule has 3 aliphatic carbocycles. The highest BCUT2D eigenvalue weighted by molar-refractivity contribution is 5.96. The van der Waals surface area contributed by atoms with Crippen LogP contribution in [-0.2, 0) is 51.0 Å². The molecule has 10 aliphatic rings. The number of pyridine rings is 1. The zero-order chi connectivity index (χ0) is 54.0. The molecular weight excluding hydrogens is 991 g/mol. The lowest BCUT2D eigenvalue weighted by molar-refractivity contribution is -0.205. The Kier molecular flexibility index (Phi) is 13.4. The van der Waals surface area contributed by atoms with Crippen molar-refractivity contribution in [1.82, 2.24) is 40.1 Å². The van der Waals surface area contributed by atoms with Crippen molar-refractivity contribution in [3.05, 3.63) is 53.9 Å². The van der Waals surface area contributed by atoms with Crippen LogP contribution in [0.4, 0.5) is 5.69 Å². The lowest BCUT2D eigenvalue weighted by Crippen LogP contribution is -2.73. The van der Waals surface area contributed by atoms with Crippen molar-refractivity contribution in [3.63, 3.8) is 0 Å². The van der Waals surface area contributed by atoms with Gasteiger partial charge < -0.3 is 42.9 Å². The number of nitrogens with zero attached hydrogens (tertiary/aromatic N) is 7. The van der Waals surface area contributed by atoms with Crippen LogP contribution in [0.15, 0.2) is 41.1 Å². The molecule has 1 spiro atoms. The third-order valence-electron chi connectivity index (χ3n) is 19.5. The number of aromatic nitrogens is 3. The standard InChI is InChI=1S/C60H81N9O9/c1-34-35(2)48(34)54(70)63-51-53(67-29-60(30-67)32-74-33-60)55-62-46(28-76-55)37-9-12-47-43(23-37)45(26-58(4,5)31-77-57(72)50-38-21-40(22-38)69(64-50)56(51)71)52(68(47)18-20-75-42-13-19-78-59(6,7)25-42)44-24-41(27-61-49(44)36(3)73-8)66-16-14-65(15-17-66)39-10-11-39/h9,12,23-24,27-28,34-36,38-40,42,48,50-51,53,64H,10-11,13-22,25-26,29-33H2,1-8H3,(H,63,70)/t34-,35+,36-,38?,40?,42-,48?,50-,51-,53-/m0/s1. The van der Waals surface area contributed by atoms with Gasteiger partial charge in [-0.2, -0.15) is 0 Å². The normalized spacial score (nSPS) is 31.9. The van der Waals surface area contributed by atoms with E-state index in [9.17, 15) is 9.59 Å². The molecule has 10 heterocycles. The fraction of sp³-hybridized carbons (Fsp3) is 0.683. The van der Waals surface area contributed by atoms with Crippen molar-refractivity contribution in [2.75, 3.05) is 84.3 Å². The summed E-state index contributed by atoms with van der Waals surface area (Å²) in [5.74, 6) is -0.318. The minimum atomic E-state index is -1.06. The molecule has 4 aromatic rings. The third-order valence-corrected chi connectivity index (χ3v) is 19.5. The summed E-state index contributed by atoms with van der Waals surface area (Å²) in [7, 11) is 1.74. The Labute approximate surface area is 458 Å². The first kappa shape index (κ1) is 52.4. The van der Waals surface area contributed by atoms with Crippen LogP contribution in [0.1, 0.15) is 116 Å². The maximum Gasteiger partial charge on any atom is 0.325 e. The van der Waals surface area contributed by atoms with Gasteiger partial charge >= 0.3 is 5.97 Å². The monoisotopic (exact) mass is 1070 g/mol. The smallest absolute Gasteiger partial charge is 0.325 e. The van der Waals surface area contributed by atoms with Gasteiger partial charge in [0.2, 0.25) is 11.8 Å². The first-order chi connectivity index (χ1) is 37.5. The molecule has 420 valence electrons. The number of nitrogens with one attached hydrogen (secondary N) is 2. The summed E-state index contributed by atoms with van der Waals surface area (Å²) in [6.07, 6.45) is 9.55. The summed E-state index contributed by atoms with van der Waals surface area (Å²) in [5, 5.41) is 5.93. The lowest BCUT2D eigenvalue weighted by atomic mass is 9.72. The average Bonchev–Trinajstić information content (AvgIpc) is 4.35. The van der Waals surface area contributed by atoms with Gasteiger partial charge in [0.25, 0.3) is 5.91 Å². The first-order valence-electron chi connectivity index (χ1n) is 29.2. The van der Waals surface area contributed by atoms with E-state index in [1.165, 1.54) is 12.8 Å². The molecule has 1 unspecified atom stereocenters. The van der Waals surface area contributed by atoms with Crippen molar-refractivity contribution in [2.24, 2.45) is 34.5 Å². The number of fused-ring (bicyclic) bond motifs is 4. The molecule has 3 aromatic heterocycles. The van der Waals surface area contributed by atoms with Crippen LogP contribution in [-0.4, -0.2) is 162 Å². The molecule has 78 heavy (non-hydrogen) atoms. The zero-order valence-corrected chi connectivity index (χ0v) is 47.1. The zero-order valence-electron chi connectivity index (χ0n) is 47.1. The van der Waals surface area contributed by atoms with Crippen LogP contribution >= 0.6 is 0 Å². The number of benzene rings is 1. The number of hydrazine groups is 1. The quantitative estimate of drug-likeness (QED) is 0.143. The summed E-state index contributed by atoms with van der Waals surface area (Å²) in [5.41, 5.74) is 10.1. The summed E-state index contributed by atoms with van der Waals surface area (Å²) < 4.78 is 40.3. The topological polar surface area (TPSA) is 178 Å². The predicted molar refractivity (Wildman–Crippen MR) is 292 cm³/mol. The molecular formula is C60H81N9O9. The number of anilines is 1. The number of carbonyl (C=O) groups excluding carboxylic acids is 3. The maximum atomic E-state index is 15.4. The van der Waals surface area contributed by atoms with Gasteiger partial charge in [-0.1, -0.05) is 33.8 Å². The van der Waals surface area contributed by atoms with Crippen LogP contribution in [0.3, 0.4) is 0 Å². The number of methoxy groups -OCH3 is 1. The Morgan fingerprint density at radius 2 is 1.73 bits per heavy atom. The summed E-state index contributed by atoms with van der Waals surface area (Å²) in [6.45, 7) is 23.2. The predicted octanol–water partition coefficient (Wildman–Crippen LogP) is 6.70. The van der Waals surface area contributed by atoms with E-state index in [1.807, 2.05) is 6.20 Å². The number of cyclic esters (lactones) is 1. The number of piperazine rings is 1. The number of hydrogen-bond acceptors (Lipinski definition) is 15. The van der Waals surface area contributed by atoms with Gasteiger partial charge in [0, 0.05) is 117 Å². The van der Waals surface area contributed by atoms with E-state index in [0.29, 0.717) is 76.9 Å². The van der Waals surface area contributed by atoms with E-state index in [-0.39, 0.29) is 77.3 Å². The molecule has 7 aliphatic heterocycles. The van der Waals surface area contributed by atoms with Gasteiger partial charge in [-0.25, -0.2) is 10.4 Å². The van der Waals surface area contributed by atoms with Gasteiger partial charge in [-0.15, -0.1) is 0 Å². The second-order valence-electron chi connectivity index (χ2n) is 26.4. The molecule has 9 fully saturated rings. The van der Waals surface area contributed by atoms with E-state index in [1.54, 1.807) is 18.4 Å². The molecule has 14 rings (SSSR count). The van der Waals surface area contributed by atoms with Crippen molar-refractivity contribution in [1.29, 1.82) is 0 Å². The number of carbonyl (C=O) groups is 3. The summed E-state index contributed by atoms with van der Waals surface area (Å²) in [6, 6.07) is 6.91. The molecule has 1 aromatic carbocycles. The SMILES string of the molecule is CO[C@@H](C)c1ncc(N2CCN(C3CC3)CC2)cc1-c1c2c3cc(ccc3n1CCO[C@H]1CCOC(C)(C)C1)-c1coc(n1)[C@@H](N1CC3(COC3)C1)[C@H](NC(=O)C1[C@@H](C)[C@H]1C)C(=O)N1N[C@H](C(=O)OCC(C)(C)C2)C2CC1C2. The van der Waals surface area contributed by atoms with E-state index >= 15 is 4.79 Å². The maximum absolute atomic E-state index is 15.4. The van der Waals surface area contributed by atoms with E-state index < -0.39 is 23.5 Å². The van der Waals surface area contributed by atoms with Gasteiger partial charge in [-0.05, 0) is 101 Å². The number of rotatable bonds is 12. The number of ether oxygens (including phenoxy) is 5. The molecule has 2 N–H and O–H groups in total. The van der Waals surface area contributed by atoms with Gasteiger partial charge in [0.15, 0.2) is 0 Å². The van der Waals surface area contributed by atoms with Crippen molar-refractivity contribution in [3.8, 4) is 22.5 Å². The van der Waals surface area contributed by atoms with Crippen LogP contribution in [0, 0.1) is 34.5 Å². The van der Waals surface area contributed by atoms with Crippen LogP contribution in [0.2, 0.25) is 0 Å². The number of esters is 1. The molecule has 18 nitrogen and oxygen atoms in total. The molecule has 18 heteroatoms. The van der Waals surface area contributed by atoms with Crippen LogP contribution in [0.25, 0.3) is 33.4 Å². The highest BCUT2D eigenvalue weighted by Gasteiger charge is 2.58. The van der Waals surface area contributed by atoms with Gasteiger partial charge in [-0.3, -0.25) is 34.2 Å². The van der Waals surface area contributed by atoms with Crippen molar-refractivity contribution < 1.29 is 42.5 Å². The fourth-order valence-electron chi connectivity index (χ4n) is 14.3. The number of amides is 2. The number of hydrogen-bond donors (Lipinski definition) is 2. The third kappa shape index (κ3) is 9.65. The van der Waals surface area contributed by atoms with Gasteiger partial charge in [0.1, 0.15) is 30.1 Å². The summed E-state index contributed by atoms with van der Waals surface area (Å²) in [4.78, 5) is 62.3. The Balaban J connectivity index is 0.956. The van der Waals surface area contributed by atoms with Gasteiger partial charge in [0.05, 0.1) is 67.5 Å². The van der Waals surface area contributed by atoms with E-state index in [4.69, 9.17) is 38.1 Å². The number of oxazole rings is 1. The molecule has 8 atom stereocenters. The summed E-state index contributed by atoms with van der Waals surface area (Å²) >= 11 is 0. The highest BCUT2D eigenvalue weighted by atomic mass is 16.5. The lowest BCUT2D eigenvalue weighted by Gasteiger charge is -2.58. The Hall–Kier alpha value is -4.95. The Bertz CT molecular complexity index is 2930. The Morgan fingerprint density at radius 1 is 0.962 bits per heavy atom. The van der Waals surface area contributed by atoms with Crippen molar-refractivity contribution in [2.45, 2.75) is 148 Å². The first-order valence-corrected chi connectivity index (χ1v) is 29.2. The van der Waals surface area contributed by atoms with E-state index in [0.717, 1.165) is 89.7 Å². The average molecular weight is 1070 g/mol. The van der Waals surface area contributed by atoms with E-state index in [2.05, 4.69) is 103 Å². The minimum Gasteiger partial charge on any atom is -0.464 e. The van der Waals surface area contributed by atoms with Crippen molar-refractivity contribution >= 4 is 34.4 Å². The second-order valence-corrected chi connectivity index (χ2v) is 26.4.